The lowest BCUT2D eigenvalue weighted by molar-refractivity contribution is -0.128. The number of hydrogen-bond acceptors (Lipinski definition) is 4. The first-order valence-corrected chi connectivity index (χ1v) is 8.06. The highest BCUT2D eigenvalue weighted by Crippen LogP contribution is 2.26. The molecule has 0 saturated heterocycles. The molecule has 0 radical (unpaired) electrons. The van der Waals surface area contributed by atoms with Gasteiger partial charge in [-0.15, -0.1) is 0 Å². The van der Waals surface area contributed by atoms with Gasteiger partial charge in [-0.1, -0.05) is 25.9 Å². The number of nitrogens with zero attached hydrogens (tertiary/aromatic N) is 1. The van der Waals surface area contributed by atoms with E-state index in [0.29, 0.717) is 25.8 Å². The molecular formula is C12H25N3O3S. The molecule has 0 aromatic heterocycles. The van der Waals surface area contributed by atoms with E-state index in [-0.39, 0.29) is 17.0 Å². The number of amidine groups is 1. The summed E-state index contributed by atoms with van der Waals surface area (Å²) in [6.07, 6.45) is 3.20. The molecule has 19 heavy (non-hydrogen) atoms. The van der Waals surface area contributed by atoms with Crippen molar-refractivity contribution in [2.45, 2.75) is 45.3 Å². The van der Waals surface area contributed by atoms with Gasteiger partial charge < -0.3 is 16.3 Å². The molecule has 0 saturated carbocycles. The van der Waals surface area contributed by atoms with E-state index in [1.807, 2.05) is 20.8 Å². The van der Waals surface area contributed by atoms with E-state index in [1.54, 1.807) is 6.26 Å². The predicted octanol–water partition coefficient (Wildman–Crippen LogP) is 0.813. The fourth-order valence-corrected chi connectivity index (χ4v) is 2.32. The molecule has 7 heteroatoms. The van der Waals surface area contributed by atoms with Crippen molar-refractivity contribution < 1.29 is 14.2 Å². The minimum atomic E-state index is -0.969. The van der Waals surface area contributed by atoms with E-state index in [1.165, 1.54) is 0 Å². The first-order valence-electron chi connectivity index (χ1n) is 6.44. The summed E-state index contributed by atoms with van der Waals surface area (Å²) in [6.45, 7) is 5.95. The Kier molecular flexibility index (Phi) is 7.66. The maximum Gasteiger partial charge on any atom is 0.233 e. The van der Waals surface area contributed by atoms with Crippen LogP contribution in [0.15, 0.2) is 5.16 Å². The van der Waals surface area contributed by atoms with Gasteiger partial charge >= 0.3 is 0 Å². The van der Waals surface area contributed by atoms with Gasteiger partial charge in [0.15, 0.2) is 5.84 Å². The lowest BCUT2D eigenvalue weighted by Gasteiger charge is -2.28. The maximum atomic E-state index is 12.2. The van der Waals surface area contributed by atoms with Gasteiger partial charge in [-0.3, -0.25) is 9.00 Å². The third kappa shape index (κ3) is 4.49. The Balaban J connectivity index is 4.64. The highest BCUT2D eigenvalue weighted by atomic mass is 32.2. The molecule has 0 heterocycles. The number of amides is 1. The molecule has 2 atom stereocenters. The van der Waals surface area contributed by atoms with Crippen LogP contribution in [0.3, 0.4) is 0 Å². The van der Waals surface area contributed by atoms with Crippen LogP contribution in [0.5, 0.6) is 0 Å². The molecule has 0 aromatic carbocycles. The first-order chi connectivity index (χ1) is 8.85. The predicted molar refractivity (Wildman–Crippen MR) is 77.6 cm³/mol. The average molecular weight is 291 g/mol. The second-order valence-corrected chi connectivity index (χ2v) is 6.43. The van der Waals surface area contributed by atoms with Gasteiger partial charge in [-0.05, 0) is 19.3 Å². The summed E-state index contributed by atoms with van der Waals surface area (Å²) < 4.78 is 11.2. The van der Waals surface area contributed by atoms with Crippen LogP contribution in [-0.4, -0.2) is 39.2 Å². The highest BCUT2D eigenvalue weighted by molar-refractivity contribution is 7.84. The van der Waals surface area contributed by atoms with Crippen molar-refractivity contribution in [2.75, 3.05) is 12.8 Å². The van der Waals surface area contributed by atoms with Gasteiger partial charge in [0.2, 0.25) is 5.91 Å². The normalized spacial score (nSPS) is 15.9. The van der Waals surface area contributed by atoms with Crippen molar-refractivity contribution in [3.63, 3.8) is 0 Å². The Morgan fingerprint density at radius 1 is 1.47 bits per heavy atom. The number of nitrogens with two attached hydrogens (primary N) is 1. The molecule has 0 aliphatic heterocycles. The van der Waals surface area contributed by atoms with Crippen LogP contribution in [-0.2, 0) is 15.6 Å². The summed E-state index contributed by atoms with van der Waals surface area (Å²) in [4.78, 5) is 12.2. The van der Waals surface area contributed by atoms with Crippen molar-refractivity contribution >= 4 is 22.5 Å². The number of rotatable bonds is 8. The van der Waals surface area contributed by atoms with Crippen LogP contribution in [0.4, 0.5) is 0 Å². The number of nitrogens with one attached hydrogen (secondary N) is 1. The number of carbonyl (C=O) groups is 1. The Hall–Kier alpha value is -1.11. The molecule has 0 fully saturated rings. The molecular weight excluding hydrogens is 266 g/mol. The van der Waals surface area contributed by atoms with Crippen LogP contribution < -0.4 is 11.1 Å². The van der Waals surface area contributed by atoms with Gasteiger partial charge in [0.05, 0.1) is 0 Å². The summed E-state index contributed by atoms with van der Waals surface area (Å²) in [7, 11) is -0.900. The van der Waals surface area contributed by atoms with E-state index in [2.05, 4.69) is 10.5 Å². The van der Waals surface area contributed by atoms with E-state index in [4.69, 9.17) is 10.9 Å². The molecule has 112 valence electrons. The molecule has 0 rings (SSSR count). The summed E-state index contributed by atoms with van der Waals surface area (Å²) in [5.74, 6) is -0.316. The summed E-state index contributed by atoms with van der Waals surface area (Å²) in [5, 5.41) is 14.6. The molecule has 0 spiro atoms. The Morgan fingerprint density at radius 3 is 2.37 bits per heavy atom. The largest absolute Gasteiger partial charge is 0.409 e. The van der Waals surface area contributed by atoms with Crippen LogP contribution in [0.2, 0.25) is 0 Å². The molecule has 0 aromatic rings. The minimum Gasteiger partial charge on any atom is -0.409 e. The Morgan fingerprint density at radius 2 is 2.00 bits per heavy atom. The zero-order valence-corrected chi connectivity index (χ0v) is 12.9. The molecule has 0 aliphatic carbocycles. The first kappa shape index (κ1) is 17.9. The average Bonchev–Trinajstić information content (AvgIpc) is 2.40. The smallest absolute Gasteiger partial charge is 0.233 e. The molecule has 6 nitrogen and oxygen atoms in total. The van der Waals surface area contributed by atoms with Crippen molar-refractivity contribution in [1.82, 2.24) is 5.32 Å². The third-order valence-corrected chi connectivity index (χ3v) is 5.01. The second-order valence-electron chi connectivity index (χ2n) is 4.63. The number of carbonyl (C=O) groups excluding carboxylic acids is 1. The van der Waals surface area contributed by atoms with Crippen LogP contribution >= 0.6 is 0 Å². The van der Waals surface area contributed by atoms with E-state index in [9.17, 15) is 9.00 Å². The SMILES string of the molecule is CCC(CC)(C(=O)NCCC(C)S(C)=O)C(N)=NO. The van der Waals surface area contributed by atoms with Gasteiger partial charge in [0.1, 0.15) is 5.41 Å². The zero-order chi connectivity index (χ0) is 15.1. The highest BCUT2D eigenvalue weighted by Gasteiger charge is 2.39. The summed E-state index contributed by atoms with van der Waals surface area (Å²) >= 11 is 0. The standard InChI is InChI=1S/C12H25N3O3S/c1-5-12(6-2,10(13)15-17)11(16)14-8-7-9(3)19(4)18/h9,17H,5-8H2,1-4H3,(H2,13,15)(H,14,16). The quantitative estimate of drug-likeness (QED) is 0.266. The lowest BCUT2D eigenvalue weighted by atomic mass is 9.80. The van der Waals surface area contributed by atoms with Crippen molar-refractivity contribution in [3.8, 4) is 0 Å². The molecule has 0 bridgehead atoms. The molecule has 0 aliphatic rings. The summed E-state index contributed by atoms with van der Waals surface area (Å²) in [5.41, 5.74) is 4.68. The van der Waals surface area contributed by atoms with Gasteiger partial charge in [-0.2, -0.15) is 0 Å². The minimum absolute atomic E-state index is 0.0295. The van der Waals surface area contributed by atoms with Gasteiger partial charge in [0, 0.05) is 28.9 Å². The number of hydrogen-bond donors (Lipinski definition) is 3. The fraction of sp³-hybridized carbons (Fsp3) is 0.833. The van der Waals surface area contributed by atoms with Crippen molar-refractivity contribution in [2.24, 2.45) is 16.3 Å². The Bertz CT molecular complexity index is 354. The third-order valence-electron chi connectivity index (χ3n) is 3.64. The van der Waals surface area contributed by atoms with E-state index < -0.39 is 16.2 Å². The van der Waals surface area contributed by atoms with Crippen LogP contribution in [0.1, 0.15) is 40.0 Å². The number of oxime groups is 1. The fourth-order valence-electron chi connectivity index (χ4n) is 1.87. The van der Waals surface area contributed by atoms with Crippen LogP contribution in [0, 0.1) is 5.41 Å². The maximum absolute atomic E-state index is 12.2. The second kappa shape index (κ2) is 8.14. The van der Waals surface area contributed by atoms with Crippen molar-refractivity contribution in [3.05, 3.63) is 0 Å². The summed E-state index contributed by atoms with van der Waals surface area (Å²) in [6, 6.07) is 0. The lowest BCUT2D eigenvalue weighted by Crippen LogP contribution is -2.49. The van der Waals surface area contributed by atoms with Gasteiger partial charge in [-0.25, -0.2) is 0 Å². The van der Waals surface area contributed by atoms with Gasteiger partial charge in [0.25, 0.3) is 0 Å². The molecule has 4 N–H and O–H groups in total. The molecule has 1 amide bonds. The van der Waals surface area contributed by atoms with E-state index in [0.717, 1.165) is 0 Å². The topological polar surface area (TPSA) is 105 Å². The van der Waals surface area contributed by atoms with E-state index >= 15 is 0 Å². The van der Waals surface area contributed by atoms with Crippen molar-refractivity contribution in [1.29, 1.82) is 0 Å². The Labute approximate surface area is 117 Å². The molecule has 2 unspecified atom stereocenters. The monoisotopic (exact) mass is 291 g/mol. The zero-order valence-electron chi connectivity index (χ0n) is 12.1. The van der Waals surface area contributed by atoms with Crippen LogP contribution in [0.25, 0.3) is 0 Å².